The van der Waals surface area contributed by atoms with Crippen LogP contribution in [-0.4, -0.2) is 26.3 Å². The van der Waals surface area contributed by atoms with Crippen molar-refractivity contribution in [1.82, 2.24) is 19.9 Å². The summed E-state index contributed by atoms with van der Waals surface area (Å²) in [7, 11) is 0. The maximum atomic E-state index is 12.4. The average Bonchev–Trinajstić information content (AvgIpc) is 3.25. The predicted molar refractivity (Wildman–Crippen MR) is 97.1 cm³/mol. The fraction of sp³-hybridized carbons (Fsp3) is 0.200. The van der Waals surface area contributed by atoms with Crippen molar-refractivity contribution < 1.29 is 9.59 Å². The number of aromatic nitrogens is 3. The molecule has 3 aromatic rings. The highest BCUT2D eigenvalue weighted by Crippen LogP contribution is 2.33. The zero-order valence-corrected chi connectivity index (χ0v) is 14.2. The molecule has 130 valence electrons. The molecule has 1 aliphatic carbocycles. The van der Waals surface area contributed by atoms with Gasteiger partial charge in [-0.3, -0.25) is 9.59 Å². The van der Waals surface area contributed by atoms with Gasteiger partial charge in [-0.15, -0.1) is 0 Å². The highest BCUT2D eigenvalue weighted by Gasteiger charge is 2.25. The lowest BCUT2D eigenvalue weighted by Crippen LogP contribution is -2.24. The second-order valence-corrected chi connectivity index (χ2v) is 6.26. The molecule has 6 heteroatoms. The van der Waals surface area contributed by atoms with E-state index in [-0.39, 0.29) is 18.1 Å². The van der Waals surface area contributed by atoms with Crippen molar-refractivity contribution in [1.29, 1.82) is 0 Å². The first-order valence-corrected chi connectivity index (χ1v) is 8.57. The summed E-state index contributed by atoms with van der Waals surface area (Å²) in [5, 5.41) is 7.08. The van der Waals surface area contributed by atoms with Gasteiger partial charge in [-0.05, 0) is 23.6 Å². The summed E-state index contributed by atoms with van der Waals surface area (Å²) in [5.41, 5.74) is 4.20. The summed E-state index contributed by atoms with van der Waals surface area (Å²) in [6, 6.07) is 11.6. The molecule has 0 saturated heterocycles. The van der Waals surface area contributed by atoms with Crippen LogP contribution in [0.2, 0.25) is 0 Å². The molecule has 0 atom stereocenters. The van der Waals surface area contributed by atoms with Crippen LogP contribution >= 0.6 is 0 Å². The van der Waals surface area contributed by atoms with Gasteiger partial charge in [0.2, 0.25) is 5.91 Å². The lowest BCUT2D eigenvalue weighted by atomic mass is 10.00. The highest BCUT2D eigenvalue weighted by molar-refractivity contribution is 6.10. The summed E-state index contributed by atoms with van der Waals surface area (Å²) in [4.78, 5) is 28.9. The molecular weight excluding hydrogens is 328 g/mol. The van der Waals surface area contributed by atoms with E-state index in [2.05, 4.69) is 15.4 Å². The molecule has 0 radical (unpaired) electrons. The Morgan fingerprint density at radius 2 is 2.00 bits per heavy atom. The molecule has 0 unspecified atom stereocenters. The number of carbonyl (C=O) groups excluding carboxylic acids is 2. The Balaban J connectivity index is 1.48. The van der Waals surface area contributed by atoms with Crippen LogP contribution in [0.25, 0.3) is 11.2 Å². The second-order valence-electron chi connectivity index (χ2n) is 6.26. The van der Waals surface area contributed by atoms with E-state index in [0.717, 1.165) is 16.7 Å². The lowest BCUT2D eigenvalue weighted by molar-refractivity contribution is -0.122. The van der Waals surface area contributed by atoms with Gasteiger partial charge in [0, 0.05) is 36.5 Å². The molecule has 2 heterocycles. The van der Waals surface area contributed by atoms with Crippen LogP contribution < -0.4 is 5.32 Å². The maximum Gasteiger partial charge on any atom is 0.224 e. The minimum Gasteiger partial charge on any atom is -0.352 e. The Kier molecular flexibility index (Phi) is 4.31. The third kappa shape index (κ3) is 3.13. The molecule has 1 amide bonds. The topological polar surface area (TPSA) is 76.4 Å². The molecule has 1 aliphatic rings. The normalized spacial score (nSPS) is 14.2. The SMILES string of the molecule is O=C(CC1=C(c2ccccc2)CCC1=O)NCc1cnn2cccnc12. The lowest BCUT2D eigenvalue weighted by Gasteiger charge is -2.08. The minimum atomic E-state index is -0.168. The fourth-order valence-corrected chi connectivity index (χ4v) is 3.29. The molecule has 1 N–H and O–H groups in total. The van der Waals surface area contributed by atoms with E-state index < -0.39 is 0 Å². The van der Waals surface area contributed by atoms with Gasteiger partial charge < -0.3 is 5.32 Å². The fourth-order valence-electron chi connectivity index (χ4n) is 3.29. The molecule has 6 nitrogen and oxygen atoms in total. The van der Waals surface area contributed by atoms with Crippen LogP contribution in [0, 0.1) is 0 Å². The summed E-state index contributed by atoms with van der Waals surface area (Å²) in [6.45, 7) is 0.335. The first-order valence-electron chi connectivity index (χ1n) is 8.57. The van der Waals surface area contributed by atoms with Crippen molar-refractivity contribution in [3.05, 3.63) is 71.7 Å². The number of hydrogen-bond donors (Lipinski definition) is 1. The van der Waals surface area contributed by atoms with Crippen LogP contribution in [0.5, 0.6) is 0 Å². The third-order valence-electron chi connectivity index (χ3n) is 4.59. The number of Topliss-reactive ketones (excluding diaryl/α,β-unsaturated/α-hetero) is 1. The minimum absolute atomic E-state index is 0.0663. The van der Waals surface area contributed by atoms with Crippen molar-refractivity contribution >= 4 is 22.9 Å². The number of amides is 1. The number of hydrogen-bond acceptors (Lipinski definition) is 4. The molecule has 0 fully saturated rings. The van der Waals surface area contributed by atoms with E-state index in [9.17, 15) is 9.59 Å². The summed E-state index contributed by atoms with van der Waals surface area (Å²) in [5.74, 6) is -0.101. The van der Waals surface area contributed by atoms with Gasteiger partial charge in [-0.2, -0.15) is 5.10 Å². The largest absolute Gasteiger partial charge is 0.352 e. The number of benzene rings is 1. The molecule has 26 heavy (non-hydrogen) atoms. The Morgan fingerprint density at radius 3 is 2.85 bits per heavy atom. The number of nitrogens with one attached hydrogen (secondary N) is 1. The second kappa shape index (κ2) is 6.92. The highest BCUT2D eigenvalue weighted by atomic mass is 16.2. The van der Waals surface area contributed by atoms with Crippen LogP contribution in [0.15, 0.2) is 60.6 Å². The van der Waals surface area contributed by atoms with Gasteiger partial charge >= 0.3 is 0 Å². The van der Waals surface area contributed by atoms with Gasteiger partial charge in [-0.1, -0.05) is 30.3 Å². The van der Waals surface area contributed by atoms with Gasteiger partial charge in [-0.25, -0.2) is 9.50 Å². The Hall–Kier alpha value is -3.28. The van der Waals surface area contributed by atoms with E-state index >= 15 is 0 Å². The van der Waals surface area contributed by atoms with Crippen molar-refractivity contribution in [2.24, 2.45) is 0 Å². The quantitative estimate of drug-likeness (QED) is 0.770. The molecule has 0 bridgehead atoms. The molecule has 1 aromatic carbocycles. The Bertz CT molecular complexity index is 1000. The van der Waals surface area contributed by atoms with E-state index in [1.165, 1.54) is 0 Å². The zero-order valence-electron chi connectivity index (χ0n) is 14.2. The van der Waals surface area contributed by atoms with Crippen molar-refractivity contribution in [2.45, 2.75) is 25.8 Å². The summed E-state index contributed by atoms with van der Waals surface area (Å²) < 4.78 is 1.66. The first-order chi connectivity index (χ1) is 12.7. The first kappa shape index (κ1) is 16.2. The van der Waals surface area contributed by atoms with Gasteiger partial charge in [0.05, 0.1) is 12.6 Å². The van der Waals surface area contributed by atoms with E-state index in [0.29, 0.717) is 30.6 Å². The van der Waals surface area contributed by atoms with E-state index in [1.54, 1.807) is 23.0 Å². The van der Waals surface area contributed by atoms with E-state index in [4.69, 9.17) is 0 Å². The van der Waals surface area contributed by atoms with Gasteiger partial charge in [0.15, 0.2) is 11.4 Å². The number of allylic oxidation sites excluding steroid dienone is 1. The van der Waals surface area contributed by atoms with Crippen LogP contribution in [0.3, 0.4) is 0 Å². The van der Waals surface area contributed by atoms with Crippen LogP contribution in [-0.2, 0) is 16.1 Å². The Labute approximate surface area is 150 Å². The molecule has 2 aromatic heterocycles. The van der Waals surface area contributed by atoms with Crippen LogP contribution in [0.1, 0.15) is 30.4 Å². The van der Waals surface area contributed by atoms with Crippen molar-refractivity contribution in [3.8, 4) is 0 Å². The van der Waals surface area contributed by atoms with Gasteiger partial charge in [0.25, 0.3) is 0 Å². The predicted octanol–water partition coefficient (Wildman–Crippen LogP) is 2.55. The molecule has 0 spiro atoms. The summed E-state index contributed by atoms with van der Waals surface area (Å²) in [6.07, 6.45) is 6.47. The van der Waals surface area contributed by atoms with Gasteiger partial charge in [0.1, 0.15) is 0 Å². The number of carbonyl (C=O) groups is 2. The number of rotatable bonds is 5. The number of fused-ring (bicyclic) bond motifs is 1. The molecule has 0 aliphatic heterocycles. The Morgan fingerprint density at radius 1 is 1.15 bits per heavy atom. The smallest absolute Gasteiger partial charge is 0.224 e. The third-order valence-corrected chi connectivity index (χ3v) is 4.59. The van der Waals surface area contributed by atoms with E-state index in [1.807, 2.05) is 36.5 Å². The zero-order chi connectivity index (χ0) is 17.9. The van der Waals surface area contributed by atoms with Crippen molar-refractivity contribution in [2.75, 3.05) is 0 Å². The maximum absolute atomic E-state index is 12.4. The molecular formula is C20H18N4O2. The molecule has 0 saturated carbocycles. The number of nitrogens with zero attached hydrogens (tertiary/aromatic N) is 3. The standard InChI is InChI=1S/C20H18N4O2/c25-18-8-7-16(14-5-2-1-3-6-14)17(18)11-19(26)22-12-15-13-23-24-10-4-9-21-20(15)24/h1-6,9-10,13H,7-8,11-12H2,(H,22,26). The monoisotopic (exact) mass is 346 g/mol. The number of ketones is 1. The van der Waals surface area contributed by atoms with Crippen LogP contribution in [0.4, 0.5) is 0 Å². The molecule has 4 rings (SSSR count). The average molecular weight is 346 g/mol. The van der Waals surface area contributed by atoms with Crippen molar-refractivity contribution in [3.63, 3.8) is 0 Å². The summed E-state index contributed by atoms with van der Waals surface area (Å²) >= 11 is 0.